The fourth-order valence-electron chi connectivity index (χ4n) is 1.79. The zero-order chi connectivity index (χ0) is 11.8. The first kappa shape index (κ1) is 10.2. The summed E-state index contributed by atoms with van der Waals surface area (Å²) in [7, 11) is 0. The molecule has 5 heteroatoms. The molecule has 1 aliphatic rings. The fourth-order valence-corrected chi connectivity index (χ4v) is 2.69. The van der Waals surface area contributed by atoms with Gasteiger partial charge in [-0.15, -0.1) is 11.3 Å². The van der Waals surface area contributed by atoms with Crippen LogP contribution in [-0.2, 0) is 16.1 Å². The zero-order valence-corrected chi connectivity index (χ0v) is 9.61. The Bertz CT molecular complexity index is 627. The molecule has 0 fully saturated rings. The lowest BCUT2D eigenvalue weighted by Gasteiger charge is -2.12. The SMILES string of the molecule is O=C1C=CC(=O)N1Cc1csc2cccnc12. The lowest BCUT2D eigenvalue weighted by atomic mass is 10.2. The maximum Gasteiger partial charge on any atom is 0.253 e. The maximum atomic E-state index is 11.4. The van der Waals surface area contributed by atoms with Crippen LogP contribution in [0.5, 0.6) is 0 Å². The Morgan fingerprint density at radius 3 is 2.76 bits per heavy atom. The number of carbonyl (C=O) groups excluding carboxylic acids is 2. The average molecular weight is 244 g/mol. The number of hydrogen-bond donors (Lipinski definition) is 0. The van der Waals surface area contributed by atoms with Crippen LogP contribution in [0, 0.1) is 0 Å². The summed E-state index contributed by atoms with van der Waals surface area (Å²) >= 11 is 1.57. The van der Waals surface area contributed by atoms with E-state index in [9.17, 15) is 9.59 Å². The summed E-state index contributed by atoms with van der Waals surface area (Å²) in [6, 6.07) is 3.85. The van der Waals surface area contributed by atoms with E-state index >= 15 is 0 Å². The number of thiophene rings is 1. The number of fused-ring (bicyclic) bond motifs is 1. The van der Waals surface area contributed by atoms with Crippen LogP contribution in [0.25, 0.3) is 10.2 Å². The number of pyridine rings is 1. The van der Waals surface area contributed by atoms with E-state index in [2.05, 4.69) is 4.98 Å². The van der Waals surface area contributed by atoms with E-state index < -0.39 is 0 Å². The zero-order valence-electron chi connectivity index (χ0n) is 8.79. The molecule has 84 valence electrons. The van der Waals surface area contributed by atoms with Gasteiger partial charge >= 0.3 is 0 Å². The number of rotatable bonds is 2. The van der Waals surface area contributed by atoms with Gasteiger partial charge in [-0.3, -0.25) is 19.5 Å². The molecule has 0 radical (unpaired) electrons. The Morgan fingerprint density at radius 1 is 1.24 bits per heavy atom. The Labute approximate surface area is 101 Å². The van der Waals surface area contributed by atoms with Crippen molar-refractivity contribution in [1.82, 2.24) is 9.88 Å². The molecular formula is C12H8N2O2S. The quantitative estimate of drug-likeness (QED) is 0.756. The van der Waals surface area contributed by atoms with Gasteiger partial charge in [-0.05, 0) is 17.5 Å². The van der Waals surface area contributed by atoms with Gasteiger partial charge in [0.1, 0.15) is 0 Å². The molecule has 0 saturated heterocycles. The van der Waals surface area contributed by atoms with Crippen molar-refractivity contribution < 1.29 is 9.59 Å². The molecular weight excluding hydrogens is 236 g/mol. The first-order chi connectivity index (χ1) is 8.25. The van der Waals surface area contributed by atoms with Crippen molar-refractivity contribution in [2.45, 2.75) is 6.54 Å². The average Bonchev–Trinajstić information content (AvgIpc) is 2.88. The van der Waals surface area contributed by atoms with Crippen molar-refractivity contribution in [3.63, 3.8) is 0 Å². The van der Waals surface area contributed by atoms with Gasteiger partial charge in [0.25, 0.3) is 11.8 Å². The molecule has 3 rings (SSSR count). The first-order valence-corrected chi connectivity index (χ1v) is 5.98. The van der Waals surface area contributed by atoms with Gasteiger partial charge < -0.3 is 0 Å². The summed E-state index contributed by atoms with van der Waals surface area (Å²) in [4.78, 5) is 28.4. The molecule has 0 unspecified atom stereocenters. The van der Waals surface area contributed by atoms with E-state index in [1.165, 1.54) is 17.1 Å². The van der Waals surface area contributed by atoms with E-state index in [-0.39, 0.29) is 11.8 Å². The third-order valence-electron chi connectivity index (χ3n) is 2.63. The van der Waals surface area contributed by atoms with Gasteiger partial charge in [0, 0.05) is 23.9 Å². The Morgan fingerprint density at radius 2 is 2.00 bits per heavy atom. The molecule has 0 atom stereocenters. The molecule has 3 heterocycles. The molecule has 0 saturated carbocycles. The topological polar surface area (TPSA) is 50.3 Å². The minimum atomic E-state index is -0.259. The molecule has 0 spiro atoms. The lowest BCUT2D eigenvalue weighted by molar-refractivity contribution is -0.137. The van der Waals surface area contributed by atoms with E-state index in [1.54, 1.807) is 17.5 Å². The predicted octanol–water partition coefficient (Wildman–Crippen LogP) is 1.72. The van der Waals surface area contributed by atoms with Crippen LogP contribution in [-0.4, -0.2) is 21.7 Å². The van der Waals surface area contributed by atoms with Gasteiger partial charge in [0.15, 0.2) is 0 Å². The highest BCUT2D eigenvalue weighted by molar-refractivity contribution is 7.17. The van der Waals surface area contributed by atoms with Crippen molar-refractivity contribution in [3.8, 4) is 0 Å². The smallest absolute Gasteiger partial charge is 0.253 e. The highest BCUT2D eigenvalue weighted by atomic mass is 32.1. The lowest BCUT2D eigenvalue weighted by Crippen LogP contribution is -2.29. The van der Waals surface area contributed by atoms with Crippen molar-refractivity contribution in [1.29, 1.82) is 0 Å². The van der Waals surface area contributed by atoms with E-state index in [0.29, 0.717) is 6.54 Å². The molecule has 17 heavy (non-hydrogen) atoms. The molecule has 2 amide bonds. The number of hydrogen-bond acceptors (Lipinski definition) is 4. The van der Waals surface area contributed by atoms with E-state index in [0.717, 1.165) is 15.8 Å². The summed E-state index contributed by atoms with van der Waals surface area (Å²) < 4.78 is 1.06. The van der Waals surface area contributed by atoms with Crippen LogP contribution >= 0.6 is 11.3 Å². The van der Waals surface area contributed by atoms with Gasteiger partial charge in [-0.2, -0.15) is 0 Å². The highest BCUT2D eigenvalue weighted by Gasteiger charge is 2.24. The third-order valence-corrected chi connectivity index (χ3v) is 3.62. The van der Waals surface area contributed by atoms with Gasteiger partial charge in [0.05, 0.1) is 16.8 Å². The molecule has 2 aromatic rings. The molecule has 1 aliphatic heterocycles. The Balaban J connectivity index is 1.96. The van der Waals surface area contributed by atoms with Gasteiger partial charge in [-0.1, -0.05) is 0 Å². The second-order valence-electron chi connectivity index (χ2n) is 3.71. The van der Waals surface area contributed by atoms with Gasteiger partial charge in [0.2, 0.25) is 0 Å². The van der Waals surface area contributed by atoms with Crippen LogP contribution in [0.1, 0.15) is 5.56 Å². The molecule has 0 aliphatic carbocycles. The predicted molar refractivity (Wildman–Crippen MR) is 64.3 cm³/mol. The van der Waals surface area contributed by atoms with Crippen molar-refractivity contribution >= 4 is 33.4 Å². The fraction of sp³-hybridized carbons (Fsp3) is 0.0833. The number of carbonyl (C=O) groups is 2. The molecule has 4 nitrogen and oxygen atoms in total. The Kier molecular flexibility index (Phi) is 2.26. The molecule has 0 bridgehead atoms. The summed E-state index contributed by atoms with van der Waals surface area (Å²) in [5.41, 5.74) is 1.78. The minimum absolute atomic E-state index is 0.259. The van der Waals surface area contributed by atoms with E-state index in [4.69, 9.17) is 0 Å². The standard InChI is InChI=1S/C12H8N2O2S/c15-10-3-4-11(16)14(10)6-8-7-17-9-2-1-5-13-12(8)9/h1-5,7H,6H2. The van der Waals surface area contributed by atoms with Crippen LogP contribution < -0.4 is 0 Å². The highest BCUT2D eigenvalue weighted by Crippen LogP contribution is 2.25. The third kappa shape index (κ3) is 1.64. The number of nitrogens with zero attached hydrogens (tertiary/aromatic N) is 2. The van der Waals surface area contributed by atoms with E-state index in [1.807, 2.05) is 17.5 Å². The van der Waals surface area contributed by atoms with Gasteiger partial charge in [-0.25, -0.2) is 0 Å². The van der Waals surface area contributed by atoms with Crippen LogP contribution in [0.4, 0.5) is 0 Å². The second kappa shape index (κ2) is 3.78. The Hall–Kier alpha value is -2.01. The normalized spacial score (nSPS) is 15.2. The number of imide groups is 1. The minimum Gasteiger partial charge on any atom is -0.271 e. The number of amides is 2. The summed E-state index contributed by atoms with van der Waals surface area (Å²) in [5, 5.41) is 1.94. The maximum absolute atomic E-state index is 11.4. The molecule has 0 aromatic carbocycles. The van der Waals surface area contributed by atoms with Crippen molar-refractivity contribution in [2.24, 2.45) is 0 Å². The summed E-state index contributed by atoms with van der Waals surface area (Å²) in [6.45, 7) is 0.293. The molecule has 2 aromatic heterocycles. The monoisotopic (exact) mass is 244 g/mol. The number of aromatic nitrogens is 1. The largest absolute Gasteiger partial charge is 0.271 e. The summed E-state index contributed by atoms with van der Waals surface area (Å²) in [5.74, 6) is -0.518. The van der Waals surface area contributed by atoms with Crippen molar-refractivity contribution in [2.75, 3.05) is 0 Å². The van der Waals surface area contributed by atoms with Crippen LogP contribution in [0.3, 0.4) is 0 Å². The second-order valence-corrected chi connectivity index (χ2v) is 4.62. The van der Waals surface area contributed by atoms with Crippen LogP contribution in [0.2, 0.25) is 0 Å². The van der Waals surface area contributed by atoms with Crippen LogP contribution in [0.15, 0.2) is 35.9 Å². The molecule has 0 N–H and O–H groups in total. The first-order valence-electron chi connectivity index (χ1n) is 5.10. The van der Waals surface area contributed by atoms with Crippen molar-refractivity contribution in [3.05, 3.63) is 41.4 Å². The summed E-state index contributed by atoms with van der Waals surface area (Å²) in [6.07, 6.45) is 4.30.